The predicted octanol–water partition coefficient (Wildman–Crippen LogP) is 3.33. The van der Waals surface area contributed by atoms with Gasteiger partial charge >= 0.3 is 0 Å². The van der Waals surface area contributed by atoms with Crippen LogP contribution in [0.2, 0.25) is 0 Å². The van der Waals surface area contributed by atoms with Crippen LogP contribution in [0.3, 0.4) is 0 Å². The third kappa shape index (κ3) is 5.21. The van der Waals surface area contributed by atoms with Crippen LogP contribution in [0.5, 0.6) is 5.75 Å². The molecule has 1 aromatic carbocycles. The van der Waals surface area contributed by atoms with Gasteiger partial charge in [-0.05, 0) is 30.5 Å². The number of nitrogens with zero attached hydrogens (tertiary/aromatic N) is 1. The van der Waals surface area contributed by atoms with Gasteiger partial charge in [-0.15, -0.1) is 11.3 Å². The van der Waals surface area contributed by atoms with Crippen molar-refractivity contribution in [2.24, 2.45) is 4.99 Å². The van der Waals surface area contributed by atoms with Crippen LogP contribution in [-0.2, 0) is 0 Å². The van der Waals surface area contributed by atoms with Crippen molar-refractivity contribution in [1.82, 2.24) is 10.6 Å². The molecule has 2 aromatic rings. The molecule has 7 heteroatoms. The molecule has 0 radical (unpaired) electrons. The minimum Gasteiger partial charge on any atom is -0.492 e. The summed E-state index contributed by atoms with van der Waals surface area (Å²) in [6.45, 7) is 2.84. The van der Waals surface area contributed by atoms with Gasteiger partial charge in [0.1, 0.15) is 12.4 Å². The van der Waals surface area contributed by atoms with Gasteiger partial charge in [-0.25, -0.2) is 8.78 Å². The van der Waals surface area contributed by atoms with Crippen molar-refractivity contribution in [1.29, 1.82) is 0 Å². The maximum absolute atomic E-state index is 13.1. The van der Waals surface area contributed by atoms with Gasteiger partial charge in [0.15, 0.2) is 17.6 Å². The van der Waals surface area contributed by atoms with E-state index in [1.165, 1.54) is 10.9 Å². The summed E-state index contributed by atoms with van der Waals surface area (Å²) in [5.41, 5.74) is 0. The smallest absolute Gasteiger partial charge is 0.191 e. The maximum atomic E-state index is 13.1. The van der Waals surface area contributed by atoms with Crippen molar-refractivity contribution in [3.63, 3.8) is 0 Å². The Hall–Kier alpha value is -2.15. The van der Waals surface area contributed by atoms with Gasteiger partial charge in [0.2, 0.25) is 0 Å². The van der Waals surface area contributed by atoms with E-state index < -0.39 is 11.6 Å². The Labute approximate surface area is 138 Å². The highest BCUT2D eigenvalue weighted by Crippen LogP contribution is 2.18. The molecule has 0 aliphatic rings. The van der Waals surface area contributed by atoms with Crippen LogP contribution in [0.15, 0.2) is 40.7 Å². The lowest BCUT2D eigenvalue weighted by molar-refractivity contribution is 0.318. The number of aliphatic imine (C=N–C) groups is 1. The molecule has 4 nitrogen and oxygen atoms in total. The second-order valence-electron chi connectivity index (χ2n) is 4.80. The average Bonchev–Trinajstić information content (AvgIpc) is 3.08. The van der Waals surface area contributed by atoms with Gasteiger partial charge < -0.3 is 15.4 Å². The summed E-state index contributed by atoms with van der Waals surface area (Å²) >= 11 is 1.68. The first-order chi connectivity index (χ1) is 11.1. The zero-order chi connectivity index (χ0) is 16.7. The number of ether oxygens (including phenoxy) is 1. The zero-order valence-corrected chi connectivity index (χ0v) is 13.8. The topological polar surface area (TPSA) is 45.7 Å². The molecule has 0 aliphatic carbocycles. The van der Waals surface area contributed by atoms with Crippen LogP contribution in [0.4, 0.5) is 8.78 Å². The highest BCUT2D eigenvalue weighted by Gasteiger charge is 2.08. The molecule has 1 unspecified atom stereocenters. The number of hydrogen-bond donors (Lipinski definition) is 2. The van der Waals surface area contributed by atoms with Crippen LogP contribution in [0.25, 0.3) is 0 Å². The number of halogens is 2. The Morgan fingerprint density at radius 1 is 1.30 bits per heavy atom. The van der Waals surface area contributed by atoms with E-state index in [-0.39, 0.29) is 6.04 Å². The molecule has 0 saturated carbocycles. The van der Waals surface area contributed by atoms with Crippen molar-refractivity contribution in [3.05, 3.63) is 52.2 Å². The molecule has 0 saturated heterocycles. The Morgan fingerprint density at radius 2 is 2.13 bits per heavy atom. The Bertz CT molecular complexity index is 647. The van der Waals surface area contributed by atoms with Gasteiger partial charge in [-0.1, -0.05) is 6.07 Å². The summed E-state index contributed by atoms with van der Waals surface area (Å²) in [5, 5.41) is 8.40. The SMILES string of the molecule is CN=C(NCCOc1ccc(F)c(F)c1)NC(C)c1cccs1. The van der Waals surface area contributed by atoms with Crippen LogP contribution >= 0.6 is 11.3 Å². The highest BCUT2D eigenvalue weighted by molar-refractivity contribution is 7.10. The van der Waals surface area contributed by atoms with E-state index in [1.54, 1.807) is 18.4 Å². The summed E-state index contributed by atoms with van der Waals surface area (Å²) < 4.78 is 31.2. The highest BCUT2D eigenvalue weighted by atomic mass is 32.1. The fourth-order valence-electron chi connectivity index (χ4n) is 1.91. The maximum Gasteiger partial charge on any atom is 0.191 e. The van der Waals surface area contributed by atoms with E-state index >= 15 is 0 Å². The lowest BCUT2D eigenvalue weighted by Crippen LogP contribution is -2.40. The number of guanidine groups is 1. The molecule has 1 heterocycles. The molecule has 1 atom stereocenters. The van der Waals surface area contributed by atoms with Gasteiger partial charge in [0.05, 0.1) is 12.6 Å². The molecule has 23 heavy (non-hydrogen) atoms. The third-order valence-electron chi connectivity index (χ3n) is 3.10. The summed E-state index contributed by atoms with van der Waals surface area (Å²) in [7, 11) is 1.69. The minimum atomic E-state index is -0.919. The van der Waals surface area contributed by atoms with Crippen molar-refractivity contribution in [2.75, 3.05) is 20.2 Å². The van der Waals surface area contributed by atoms with Crippen LogP contribution in [0, 0.1) is 11.6 Å². The second kappa shape index (κ2) is 8.47. The molecule has 0 amide bonds. The summed E-state index contributed by atoms with van der Waals surface area (Å²) in [4.78, 5) is 5.36. The Balaban J connectivity index is 1.74. The lowest BCUT2D eigenvalue weighted by atomic mass is 10.3. The van der Waals surface area contributed by atoms with E-state index in [9.17, 15) is 8.78 Å². The largest absolute Gasteiger partial charge is 0.492 e. The predicted molar refractivity (Wildman–Crippen MR) is 89.1 cm³/mol. The second-order valence-corrected chi connectivity index (χ2v) is 5.78. The number of rotatable bonds is 6. The van der Waals surface area contributed by atoms with Crippen LogP contribution in [-0.4, -0.2) is 26.2 Å². The van der Waals surface area contributed by atoms with Crippen LogP contribution in [0.1, 0.15) is 17.8 Å². The average molecular weight is 339 g/mol. The molecule has 2 rings (SSSR count). The summed E-state index contributed by atoms with van der Waals surface area (Å²) in [6.07, 6.45) is 0. The molecular formula is C16H19F2N3OS. The Kier molecular flexibility index (Phi) is 6.34. The first-order valence-corrected chi connectivity index (χ1v) is 8.06. The third-order valence-corrected chi connectivity index (χ3v) is 4.16. The first kappa shape index (κ1) is 17.2. The van der Waals surface area contributed by atoms with Crippen molar-refractivity contribution < 1.29 is 13.5 Å². The lowest BCUT2D eigenvalue weighted by Gasteiger charge is -2.17. The molecule has 124 valence electrons. The van der Waals surface area contributed by atoms with E-state index in [2.05, 4.69) is 28.6 Å². The first-order valence-electron chi connectivity index (χ1n) is 7.18. The van der Waals surface area contributed by atoms with Crippen molar-refractivity contribution in [2.45, 2.75) is 13.0 Å². The monoisotopic (exact) mass is 339 g/mol. The molecule has 0 bridgehead atoms. The number of thiophene rings is 1. The molecule has 0 spiro atoms. The molecule has 1 aromatic heterocycles. The van der Waals surface area contributed by atoms with Gasteiger partial charge in [0.25, 0.3) is 0 Å². The summed E-state index contributed by atoms with van der Waals surface area (Å²) in [5.74, 6) is -0.860. The fraction of sp³-hybridized carbons (Fsp3) is 0.312. The van der Waals surface area contributed by atoms with Gasteiger partial charge in [-0.3, -0.25) is 4.99 Å². The molecular weight excluding hydrogens is 320 g/mol. The molecule has 2 N–H and O–H groups in total. The van der Waals surface area contributed by atoms with Crippen molar-refractivity contribution >= 4 is 17.3 Å². The number of nitrogens with one attached hydrogen (secondary N) is 2. The summed E-state index contributed by atoms with van der Waals surface area (Å²) in [6, 6.07) is 7.67. The normalized spacial score (nSPS) is 12.8. The molecule has 0 fully saturated rings. The minimum absolute atomic E-state index is 0.147. The van der Waals surface area contributed by atoms with E-state index in [1.807, 2.05) is 11.4 Å². The van der Waals surface area contributed by atoms with Gasteiger partial charge in [0, 0.05) is 18.0 Å². The fourth-order valence-corrected chi connectivity index (χ4v) is 2.65. The van der Waals surface area contributed by atoms with Crippen LogP contribution < -0.4 is 15.4 Å². The van der Waals surface area contributed by atoms with E-state index in [4.69, 9.17) is 4.74 Å². The van der Waals surface area contributed by atoms with E-state index in [0.717, 1.165) is 12.1 Å². The van der Waals surface area contributed by atoms with E-state index in [0.29, 0.717) is 24.9 Å². The number of benzene rings is 1. The zero-order valence-electron chi connectivity index (χ0n) is 13.0. The Morgan fingerprint density at radius 3 is 2.78 bits per heavy atom. The standard InChI is InChI=1S/C16H19F2N3OS/c1-11(15-4-3-9-23-15)21-16(19-2)20-7-8-22-12-5-6-13(17)14(18)10-12/h3-6,9-11H,7-8H2,1-2H3,(H2,19,20,21). The van der Waals surface area contributed by atoms with Crippen molar-refractivity contribution in [3.8, 4) is 5.75 Å². The van der Waals surface area contributed by atoms with Gasteiger partial charge in [-0.2, -0.15) is 0 Å². The number of hydrogen-bond acceptors (Lipinski definition) is 3. The molecule has 0 aliphatic heterocycles. The quantitative estimate of drug-likeness (QED) is 0.482.